The highest BCUT2D eigenvalue weighted by molar-refractivity contribution is 14.1. The Morgan fingerprint density at radius 3 is 2.42 bits per heavy atom. The smallest absolute Gasteiger partial charge is 0.329 e. The van der Waals surface area contributed by atoms with Crippen molar-refractivity contribution in [1.29, 1.82) is 0 Å². The number of ether oxygens (including phenoxy) is 2. The summed E-state index contributed by atoms with van der Waals surface area (Å²) in [6.45, 7) is 2.61. The van der Waals surface area contributed by atoms with Crippen LogP contribution in [-0.2, 0) is 17.9 Å². The van der Waals surface area contributed by atoms with Crippen molar-refractivity contribution in [3.63, 3.8) is 0 Å². The number of carbonyl (C=O) groups is 2. The first-order chi connectivity index (χ1) is 17.4. The van der Waals surface area contributed by atoms with Crippen LogP contribution in [0.25, 0.3) is 6.08 Å². The van der Waals surface area contributed by atoms with Crippen LogP contribution in [0.2, 0.25) is 0 Å². The van der Waals surface area contributed by atoms with E-state index in [1.807, 2.05) is 43.3 Å². The van der Waals surface area contributed by atoms with Crippen LogP contribution in [0.5, 0.6) is 11.5 Å². The lowest BCUT2D eigenvalue weighted by Gasteiger charge is -2.15. The second-order valence-electron chi connectivity index (χ2n) is 7.84. The second-order valence-corrected chi connectivity index (χ2v) is 9.00. The standard InChI is InChI=1S/C26H22IN3O6/c1-2-35-23-14-19(12-21(27)24(23)36-16-18-8-10-20(11-9-18)30(33)34)13-22-25(31)29(26(32)28-22)15-17-6-4-3-5-7-17/h3-14H,2,15-16H2,1H3,(H,28,32)/b22-13+. The van der Waals surface area contributed by atoms with E-state index >= 15 is 0 Å². The van der Waals surface area contributed by atoms with E-state index in [1.165, 1.54) is 12.1 Å². The lowest BCUT2D eigenvalue weighted by molar-refractivity contribution is -0.384. The van der Waals surface area contributed by atoms with Gasteiger partial charge in [-0.15, -0.1) is 0 Å². The van der Waals surface area contributed by atoms with E-state index in [0.29, 0.717) is 23.7 Å². The molecule has 0 unspecified atom stereocenters. The Hall–Kier alpha value is -3.93. The van der Waals surface area contributed by atoms with Gasteiger partial charge in [0.2, 0.25) is 0 Å². The number of imide groups is 1. The summed E-state index contributed by atoms with van der Waals surface area (Å²) in [6, 6.07) is 18.5. The quantitative estimate of drug-likeness (QED) is 0.118. The molecule has 3 aromatic carbocycles. The highest BCUT2D eigenvalue weighted by atomic mass is 127. The van der Waals surface area contributed by atoms with Gasteiger partial charge in [-0.25, -0.2) is 4.79 Å². The van der Waals surface area contributed by atoms with Crippen LogP contribution >= 0.6 is 22.6 Å². The minimum absolute atomic E-state index is 0.0108. The SMILES string of the molecule is CCOc1cc(/C=C2/NC(=O)N(Cc3ccccc3)C2=O)cc(I)c1OCc1ccc([N+](=O)[O-])cc1. The highest BCUT2D eigenvalue weighted by Crippen LogP contribution is 2.36. The van der Waals surface area contributed by atoms with Gasteiger partial charge in [0.25, 0.3) is 11.6 Å². The maximum Gasteiger partial charge on any atom is 0.329 e. The summed E-state index contributed by atoms with van der Waals surface area (Å²) in [5.41, 5.74) is 2.47. The Kier molecular flexibility index (Phi) is 7.84. The summed E-state index contributed by atoms with van der Waals surface area (Å²) in [5.74, 6) is 0.594. The second kappa shape index (κ2) is 11.2. The third-order valence-electron chi connectivity index (χ3n) is 5.32. The third-order valence-corrected chi connectivity index (χ3v) is 6.12. The highest BCUT2D eigenvalue weighted by Gasteiger charge is 2.33. The number of hydrogen-bond donors (Lipinski definition) is 1. The average Bonchev–Trinajstić information content (AvgIpc) is 3.12. The minimum Gasteiger partial charge on any atom is -0.490 e. The van der Waals surface area contributed by atoms with Crippen LogP contribution in [0.4, 0.5) is 10.5 Å². The predicted molar refractivity (Wildman–Crippen MR) is 141 cm³/mol. The van der Waals surface area contributed by atoms with Crippen LogP contribution in [-0.4, -0.2) is 28.4 Å². The Labute approximate surface area is 221 Å². The molecular formula is C26H22IN3O6. The molecule has 0 spiro atoms. The lowest BCUT2D eigenvalue weighted by atomic mass is 10.1. The van der Waals surface area contributed by atoms with Gasteiger partial charge in [-0.2, -0.15) is 0 Å². The van der Waals surface area contributed by atoms with Crippen LogP contribution in [0.1, 0.15) is 23.6 Å². The van der Waals surface area contributed by atoms with E-state index in [4.69, 9.17) is 9.47 Å². The molecule has 0 saturated carbocycles. The van der Waals surface area contributed by atoms with Gasteiger partial charge in [-0.1, -0.05) is 30.3 Å². The molecule has 0 atom stereocenters. The zero-order chi connectivity index (χ0) is 25.7. The van der Waals surface area contributed by atoms with Gasteiger partial charge < -0.3 is 14.8 Å². The maximum absolute atomic E-state index is 12.9. The van der Waals surface area contributed by atoms with Crippen molar-refractivity contribution >= 4 is 46.3 Å². The van der Waals surface area contributed by atoms with Crippen molar-refractivity contribution < 1.29 is 24.0 Å². The predicted octanol–water partition coefficient (Wildman–Crippen LogP) is 5.27. The Morgan fingerprint density at radius 2 is 1.75 bits per heavy atom. The average molecular weight is 599 g/mol. The van der Waals surface area contributed by atoms with E-state index in [-0.39, 0.29) is 24.5 Å². The summed E-state index contributed by atoms with van der Waals surface area (Å²) in [5, 5.41) is 13.5. The number of urea groups is 1. The molecule has 1 aliphatic rings. The van der Waals surface area contributed by atoms with Crippen LogP contribution in [0.3, 0.4) is 0 Å². The van der Waals surface area contributed by atoms with Gasteiger partial charge in [-0.05, 0) is 76.5 Å². The molecule has 1 heterocycles. The molecule has 1 N–H and O–H groups in total. The molecular weight excluding hydrogens is 577 g/mol. The van der Waals surface area contributed by atoms with Gasteiger partial charge in [-0.3, -0.25) is 19.8 Å². The first-order valence-electron chi connectivity index (χ1n) is 11.1. The molecule has 1 saturated heterocycles. The molecule has 184 valence electrons. The molecule has 0 aromatic heterocycles. The van der Waals surface area contributed by atoms with E-state index in [0.717, 1.165) is 19.6 Å². The fourth-order valence-corrected chi connectivity index (χ4v) is 4.37. The molecule has 10 heteroatoms. The Bertz CT molecular complexity index is 1330. The zero-order valence-electron chi connectivity index (χ0n) is 19.3. The number of halogens is 1. The molecule has 1 fully saturated rings. The summed E-state index contributed by atoms with van der Waals surface area (Å²) in [6.07, 6.45) is 1.61. The number of nitrogens with zero attached hydrogens (tertiary/aromatic N) is 2. The van der Waals surface area contributed by atoms with Gasteiger partial charge >= 0.3 is 6.03 Å². The van der Waals surface area contributed by atoms with Crippen LogP contribution in [0.15, 0.2) is 72.4 Å². The van der Waals surface area contributed by atoms with Gasteiger partial charge in [0.05, 0.1) is 21.6 Å². The molecule has 9 nitrogen and oxygen atoms in total. The van der Waals surface area contributed by atoms with Crippen molar-refractivity contribution in [2.75, 3.05) is 6.61 Å². The molecule has 36 heavy (non-hydrogen) atoms. The van der Waals surface area contributed by atoms with Crippen LogP contribution in [0, 0.1) is 13.7 Å². The largest absolute Gasteiger partial charge is 0.490 e. The van der Waals surface area contributed by atoms with Crippen molar-refractivity contribution in [3.8, 4) is 11.5 Å². The Morgan fingerprint density at radius 1 is 1.03 bits per heavy atom. The number of carbonyl (C=O) groups excluding carboxylic acids is 2. The fraction of sp³-hybridized carbons (Fsp3) is 0.154. The van der Waals surface area contributed by atoms with E-state index in [9.17, 15) is 19.7 Å². The number of nitro groups is 1. The molecule has 0 bridgehead atoms. The van der Waals surface area contributed by atoms with Gasteiger partial charge in [0, 0.05) is 12.1 Å². The number of non-ortho nitro benzene ring substituents is 1. The number of hydrogen-bond acceptors (Lipinski definition) is 6. The number of benzene rings is 3. The van der Waals surface area contributed by atoms with Gasteiger partial charge in [0.1, 0.15) is 12.3 Å². The topological polar surface area (TPSA) is 111 Å². The zero-order valence-corrected chi connectivity index (χ0v) is 21.4. The number of nitrogens with one attached hydrogen (secondary N) is 1. The molecule has 3 aromatic rings. The van der Waals surface area contributed by atoms with Gasteiger partial charge in [0.15, 0.2) is 11.5 Å². The molecule has 3 amide bonds. The van der Waals surface area contributed by atoms with Crippen molar-refractivity contribution in [3.05, 3.63) is 103 Å². The third kappa shape index (κ3) is 5.82. The summed E-state index contributed by atoms with van der Waals surface area (Å²) in [7, 11) is 0. The summed E-state index contributed by atoms with van der Waals surface area (Å²) in [4.78, 5) is 36.9. The maximum atomic E-state index is 12.9. The molecule has 0 radical (unpaired) electrons. The van der Waals surface area contributed by atoms with E-state index < -0.39 is 16.9 Å². The molecule has 1 aliphatic heterocycles. The minimum atomic E-state index is -0.474. The fourth-order valence-electron chi connectivity index (χ4n) is 3.59. The van der Waals surface area contributed by atoms with Crippen molar-refractivity contribution in [2.45, 2.75) is 20.1 Å². The summed E-state index contributed by atoms with van der Waals surface area (Å²) >= 11 is 2.12. The lowest BCUT2D eigenvalue weighted by Crippen LogP contribution is -2.30. The van der Waals surface area contributed by atoms with Crippen LogP contribution < -0.4 is 14.8 Å². The van der Waals surface area contributed by atoms with Crippen molar-refractivity contribution in [1.82, 2.24) is 10.2 Å². The number of rotatable bonds is 9. The number of nitro benzene ring substituents is 1. The molecule has 0 aliphatic carbocycles. The molecule has 4 rings (SSSR count). The Balaban J connectivity index is 1.53. The summed E-state index contributed by atoms with van der Waals surface area (Å²) < 4.78 is 12.5. The number of amides is 3. The normalized spacial score (nSPS) is 14.2. The van der Waals surface area contributed by atoms with Crippen molar-refractivity contribution in [2.24, 2.45) is 0 Å². The van der Waals surface area contributed by atoms with E-state index in [2.05, 4.69) is 27.9 Å². The monoisotopic (exact) mass is 599 g/mol. The first-order valence-corrected chi connectivity index (χ1v) is 12.1. The van der Waals surface area contributed by atoms with E-state index in [1.54, 1.807) is 24.3 Å². The first kappa shape index (κ1) is 25.2.